The quantitative estimate of drug-likeness (QED) is 0.234. The Morgan fingerprint density at radius 2 is 0.973 bits per heavy atom. The number of rotatable bonds is 0. The van der Waals surface area contributed by atoms with Gasteiger partial charge < -0.3 is 0 Å². The molecule has 0 saturated heterocycles. The summed E-state index contributed by atoms with van der Waals surface area (Å²) in [4.78, 5) is 0. The van der Waals surface area contributed by atoms with Gasteiger partial charge in [0.15, 0.2) is 0 Å². The molecule has 0 fully saturated rings. The van der Waals surface area contributed by atoms with Crippen LogP contribution in [0.25, 0.3) is 28.0 Å². The molecule has 0 nitrogen and oxygen atoms in total. The van der Waals surface area contributed by atoms with E-state index in [4.69, 9.17) is 0 Å². The van der Waals surface area contributed by atoms with Gasteiger partial charge in [-0.15, -0.1) is 0 Å². The van der Waals surface area contributed by atoms with E-state index in [9.17, 15) is 0 Å². The first kappa shape index (κ1) is 24.0. The molecule has 0 aromatic heterocycles. The molecule has 6 rings (SSSR count). The van der Waals surface area contributed by atoms with E-state index in [2.05, 4.69) is 118 Å². The van der Waals surface area contributed by atoms with Crippen molar-refractivity contribution in [1.29, 1.82) is 0 Å². The first-order valence-electron chi connectivity index (χ1n) is 13.6. The molecule has 4 aromatic carbocycles. The van der Waals surface area contributed by atoms with E-state index < -0.39 is 0 Å². The summed E-state index contributed by atoms with van der Waals surface area (Å²) in [5.41, 5.74) is 22.6. The Hall–Kier alpha value is -3.38. The summed E-state index contributed by atoms with van der Waals surface area (Å²) in [6.45, 7) is 23.4. The molecule has 2 aliphatic carbocycles. The van der Waals surface area contributed by atoms with Gasteiger partial charge in [0.05, 0.1) is 5.41 Å². The zero-order valence-corrected chi connectivity index (χ0v) is 24.1. The molecule has 0 heterocycles. The van der Waals surface area contributed by atoms with Crippen LogP contribution in [0.2, 0.25) is 0 Å². The Kier molecular flexibility index (Phi) is 5.06. The second kappa shape index (κ2) is 7.81. The molecule has 0 aliphatic heterocycles. The molecule has 0 heteroatoms. The molecule has 0 N–H and O–H groups in total. The number of hydrogen-bond acceptors (Lipinski definition) is 0. The Labute approximate surface area is 222 Å². The normalized spacial score (nSPS) is 15.3. The van der Waals surface area contributed by atoms with Gasteiger partial charge in [0.1, 0.15) is 0 Å². The number of hydrogen-bond donors (Lipinski definition) is 0. The van der Waals surface area contributed by atoms with Crippen molar-refractivity contribution in [1.82, 2.24) is 0 Å². The second-order valence-corrected chi connectivity index (χ2v) is 11.6. The highest BCUT2D eigenvalue weighted by molar-refractivity contribution is 6.01. The van der Waals surface area contributed by atoms with Crippen molar-refractivity contribution in [3.05, 3.63) is 120 Å². The van der Waals surface area contributed by atoms with Crippen molar-refractivity contribution in [2.45, 2.75) is 74.7 Å². The van der Waals surface area contributed by atoms with Crippen LogP contribution in [0.5, 0.6) is 0 Å². The average Bonchev–Trinajstić information content (AvgIpc) is 3.25. The van der Waals surface area contributed by atoms with Crippen molar-refractivity contribution in [3.8, 4) is 0 Å². The van der Waals surface area contributed by atoms with E-state index in [1.165, 1.54) is 99.8 Å². The molecule has 186 valence electrons. The Bertz CT molecular complexity index is 1670. The molecule has 0 unspecified atom stereocenters. The van der Waals surface area contributed by atoms with Crippen LogP contribution in [-0.4, -0.2) is 0 Å². The van der Waals surface area contributed by atoms with Gasteiger partial charge in [-0.05, 0) is 169 Å². The van der Waals surface area contributed by atoms with Gasteiger partial charge in [0, 0.05) is 0 Å². The summed E-state index contributed by atoms with van der Waals surface area (Å²) in [6, 6.07) is 13.6. The lowest BCUT2D eigenvalue weighted by atomic mass is 9.63. The second-order valence-electron chi connectivity index (χ2n) is 11.6. The fourth-order valence-corrected chi connectivity index (χ4v) is 7.60. The van der Waals surface area contributed by atoms with E-state index in [1.54, 1.807) is 0 Å². The van der Waals surface area contributed by atoms with Gasteiger partial charge in [-0.2, -0.15) is 0 Å². The SMILES string of the molecule is CC1=C(C)c2c(C)c(C)c(C)c(C)c2C2(C=Cc3c2ccc2ccccc32)c2c(C)c(C)c(C)c(C)c21. The molecule has 37 heavy (non-hydrogen) atoms. The number of benzene rings is 4. The van der Waals surface area contributed by atoms with E-state index in [0.29, 0.717) is 0 Å². The predicted octanol–water partition coefficient (Wildman–Crippen LogP) is 9.93. The smallest absolute Gasteiger partial charge is 0.0645 e. The molecule has 0 amide bonds. The van der Waals surface area contributed by atoms with Gasteiger partial charge in [0.25, 0.3) is 0 Å². The first-order chi connectivity index (χ1) is 17.5. The molecule has 4 aromatic rings. The summed E-state index contributed by atoms with van der Waals surface area (Å²) >= 11 is 0. The van der Waals surface area contributed by atoms with Crippen molar-refractivity contribution >= 4 is 28.0 Å². The summed E-state index contributed by atoms with van der Waals surface area (Å²) in [5.74, 6) is 0. The largest absolute Gasteiger partial charge is 0.0658 e. The molecule has 0 saturated carbocycles. The molecule has 0 atom stereocenters. The van der Waals surface area contributed by atoms with Crippen LogP contribution in [0, 0.1) is 55.4 Å². The minimum Gasteiger partial charge on any atom is -0.0645 e. The zero-order chi connectivity index (χ0) is 26.5. The molecule has 0 bridgehead atoms. The maximum atomic E-state index is 2.55. The van der Waals surface area contributed by atoms with Gasteiger partial charge in [-0.1, -0.05) is 48.6 Å². The van der Waals surface area contributed by atoms with Crippen LogP contribution < -0.4 is 0 Å². The van der Waals surface area contributed by atoms with Gasteiger partial charge in [-0.3, -0.25) is 0 Å². The Morgan fingerprint density at radius 3 is 1.51 bits per heavy atom. The summed E-state index contributed by atoms with van der Waals surface area (Å²) < 4.78 is 0. The lowest BCUT2D eigenvalue weighted by Crippen LogP contribution is -2.31. The highest BCUT2D eigenvalue weighted by Crippen LogP contribution is 2.58. The third-order valence-electron chi connectivity index (χ3n) is 10.4. The monoisotopic (exact) mass is 482 g/mol. The van der Waals surface area contributed by atoms with Crippen molar-refractivity contribution in [2.75, 3.05) is 0 Å². The number of fused-ring (bicyclic) bond motifs is 8. The van der Waals surface area contributed by atoms with E-state index in [-0.39, 0.29) is 5.41 Å². The standard InChI is InChI=1S/C37H38/c1-19-21(3)27(9)35-33(23(19)5)25(7)26(8)34-24(6)20(2)22(4)28(10)36(34)37(35)18-17-31-30-14-12-11-13-29(30)15-16-32(31)37/h11-18H,1-10H3. The highest BCUT2D eigenvalue weighted by atomic mass is 14.5. The van der Waals surface area contributed by atoms with Crippen LogP contribution in [0.15, 0.2) is 42.5 Å². The summed E-state index contributed by atoms with van der Waals surface area (Å²) in [7, 11) is 0. The lowest BCUT2D eigenvalue weighted by molar-refractivity contribution is 0.767. The molecule has 2 aliphatic rings. The predicted molar refractivity (Wildman–Crippen MR) is 162 cm³/mol. The fourth-order valence-electron chi connectivity index (χ4n) is 7.60. The molecular weight excluding hydrogens is 444 g/mol. The summed E-state index contributed by atoms with van der Waals surface area (Å²) in [6.07, 6.45) is 4.98. The van der Waals surface area contributed by atoms with Crippen molar-refractivity contribution in [3.63, 3.8) is 0 Å². The molecule has 1 spiro atoms. The maximum Gasteiger partial charge on any atom is 0.0658 e. The highest BCUT2D eigenvalue weighted by Gasteiger charge is 2.47. The van der Waals surface area contributed by atoms with Crippen LogP contribution in [-0.2, 0) is 5.41 Å². The van der Waals surface area contributed by atoms with Crippen LogP contribution >= 0.6 is 0 Å². The van der Waals surface area contributed by atoms with E-state index >= 15 is 0 Å². The van der Waals surface area contributed by atoms with Gasteiger partial charge in [0.2, 0.25) is 0 Å². The average molecular weight is 483 g/mol. The Balaban J connectivity index is 1.95. The Morgan fingerprint density at radius 1 is 0.486 bits per heavy atom. The maximum absolute atomic E-state index is 2.55. The zero-order valence-electron chi connectivity index (χ0n) is 24.1. The van der Waals surface area contributed by atoms with Crippen LogP contribution in [0.4, 0.5) is 0 Å². The lowest BCUT2D eigenvalue weighted by Gasteiger charge is -2.38. The topological polar surface area (TPSA) is 0 Å². The minimum atomic E-state index is -0.330. The van der Waals surface area contributed by atoms with E-state index in [0.717, 1.165) is 0 Å². The van der Waals surface area contributed by atoms with E-state index in [1.807, 2.05) is 0 Å². The third-order valence-corrected chi connectivity index (χ3v) is 10.4. The number of allylic oxidation sites excluding steroid dienone is 3. The summed E-state index contributed by atoms with van der Waals surface area (Å²) in [5, 5.41) is 2.65. The van der Waals surface area contributed by atoms with Crippen molar-refractivity contribution < 1.29 is 0 Å². The van der Waals surface area contributed by atoms with Gasteiger partial charge in [-0.25, -0.2) is 0 Å². The third kappa shape index (κ3) is 2.79. The van der Waals surface area contributed by atoms with Crippen LogP contribution in [0.1, 0.15) is 91.7 Å². The molecular formula is C37H38. The first-order valence-corrected chi connectivity index (χ1v) is 13.6. The fraction of sp³-hybridized carbons (Fsp3) is 0.297. The minimum absolute atomic E-state index is 0.330. The van der Waals surface area contributed by atoms with Crippen molar-refractivity contribution in [2.24, 2.45) is 0 Å². The molecule has 0 radical (unpaired) electrons. The van der Waals surface area contributed by atoms with Gasteiger partial charge >= 0.3 is 0 Å². The van der Waals surface area contributed by atoms with Crippen LogP contribution in [0.3, 0.4) is 0 Å².